The smallest absolute Gasteiger partial charge is 0.252 e. The lowest BCUT2D eigenvalue weighted by Crippen LogP contribution is -2.57. The van der Waals surface area contributed by atoms with Gasteiger partial charge in [-0.2, -0.15) is 0 Å². The Labute approximate surface area is 701 Å². The summed E-state index contributed by atoms with van der Waals surface area (Å²) in [4.78, 5) is 0. The summed E-state index contributed by atoms with van der Waals surface area (Å²) in [5.41, 5.74) is 3.94. The van der Waals surface area contributed by atoms with Crippen LogP contribution in [0.3, 0.4) is 0 Å². The molecular formula is C98H120O21. The van der Waals surface area contributed by atoms with Crippen molar-refractivity contribution in [3.05, 3.63) is 137 Å². The van der Waals surface area contributed by atoms with Crippen LogP contribution in [-0.4, -0.2) is 92.2 Å². The van der Waals surface area contributed by atoms with E-state index in [1.807, 2.05) is 89.2 Å². The van der Waals surface area contributed by atoms with Gasteiger partial charge in [0.2, 0.25) is 27.2 Å². The van der Waals surface area contributed by atoms with E-state index in [-0.39, 0.29) is 59.7 Å². The van der Waals surface area contributed by atoms with Crippen molar-refractivity contribution < 1.29 is 99.5 Å². The molecule has 0 fully saturated rings. The Bertz CT molecular complexity index is 4940. The second-order valence-electron chi connectivity index (χ2n) is 38.5. The Morgan fingerprint density at radius 2 is 0.622 bits per heavy atom. The van der Waals surface area contributed by atoms with Gasteiger partial charge in [0, 0.05) is 118 Å². The van der Waals surface area contributed by atoms with Gasteiger partial charge in [-0.15, -0.1) is 0 Å². The van der Waals surface area contributed by atoms with E-state index in [4.69, 9.17) is 99.5 Å². The maximum Gasteiger partial charge on any atom is 0.252 e. The molecule has 0 aromatic heterocycles. The molecule has 12 aliphatic heterocycles. The van der Waals surface area contributed by atoms with Crippen molar-refractivity contribution in [1.29, 1.82) is 0 Å². The molecule has 2 spiro atoms. The Morgan fingerprint density at radius 1 is 0.311 bits per heavy atom. The third-order valence-electron chi connectivity index (χ3n) is 26.0. The van der Waals surface area contributed by atoms with Crippen LogP contribution in [0, 0.1) is 13.8 Å². The first-order valence-corrected chi connectivity index (χ1v) is 42.6. The maximum atomic E-state index is 6.86. The first-order chi connectivity index (χ1) is 56.1. The molecule has 0 saturated heterocycles. The highest BCUT2D eigenvalue weighted by Gasteiger charge is 2.58. The van der Waals surface area contributed by atoms with Gasteiger partial charge in [-0.3, -0.25) is 0 Å². The highest BCUT2D eigenvalue weighted by molar-refractivity contribution is 5.90. The van der Waals surface area contributed by atoms with E-state index < -0.39 is 34.0 Å². The molecule has 0 aliphatic carbocycles. The maximum absolute atomic E-state index is 6.86. The van der Waals surface area contributed by atoms with Crippen LogP contribution in [0.15, 0.2) is 103 Å². The Balaban J connectivity index is 0.000000119. The predicted molar refractivity (Wildman–Crippen MR) is 453 cm³/mol. The van der Waals surface area contributed by atoms with Crippen molar-refractivity contribution in [1.82, 2.24) is 0 Å². The van der Waals surface area contributed by atoms with Gasteiger partial charge in [0.25, 0.3) is 11.6 Å². The van der Waals surface area contributed by atoms with Gasteiger partial charge in [0.15, 0.2) is 92.0 Å². The Kier molecular flexibility index (Phi) is 20.9. The van der Waals surface area contributed by atoms with Gasteiger partial charge in [-0.1, -0.05) is 119 Å². The average molecular weight is 1630 g/mol. The number of aryl methyl sites for hydroxylation is 2. The Hall–Kier alpha value is -10.2. The summed E-state index contributed by atoms with van der Waals surface area (Å²) in [6, 6.07) is 34.1. The summed E-state index contributed by atoms with van der Waals surface area (Å²) < 4.78 is 126. The summed E-state index contributed by atoms with van der Waals surface area (Å²) in [5.74, 6) is 14.6. The lowest BCUT2D eigenvalue weighted by molar-refractivity contribution is -0.168. The summed E-state index contributed by atoms with van der Waals surface area (Å²) in [7, 11) is 0. The number of fused-ring (bicyclic) bond motifs is 13. The molecule has 0 radical (unpaired) electrons. The molecule has 21 nitrogen and oxygen atoms in total. The lowest BCUT2D eigenvalue weighted by atomic mass is 9.69. The molecule has 0 saturated carbocycles. The van der Waals surface area contributed by atoms with Crippen molar-refractivity contribution in [2.45, 2.75) is 304 Å². The highest BCUT2D eigenvalue weighted by atomic mass is 16.7. The molecule has 4 atom stereocenters. The molecule has 21 heteroatoms. The van der Waals surface area contributed by atoms with Crippen LogP contribution in [0.25, 0.3) is 10.8 Å². The second-order valence-corrected chi connectivity index (χ2v) is 38.5. The van der Waals surface area contributed by atoms with Crippen LogP contribution in [-0.2, 0) is 21.7 Å². The molecule has 8 aromatic rings. The van der Waals surface area contributed by atoms with Crippen LogP contribution in [0.1, 0.15) is 243 Å². The van der Waals surface area contributed by atoms with E-state index >= 15 is 0 Å². The average Bonchev–Trinajstić information content (AvgIpc) is 1.28. The Morgan fingerprint density at radius 3 is 1.03 bits per heavy atom. The topological polar surface area (TPSA) is 194 Å². The molecule has 0 amide bonds. The molecule has 0 N–H and O–H groups in total. The summed E-state index contributed by atoms with van der Waals surface area (Å²) >= 11 is 0. The van der Waals surface area contributed by atoms with E-state index in [2.05, 4.69) is 161 Å². The SMILES string of the molecule is CC1(C)CC2(CC(C)(C)c3cc4c(cc3O2)OC(C)(C)C(C)(C)O4)Oc2cc3c(cc21)OC(C)(C)C(C)(C)O3.CC1Oc2cc3c(cc2OC1C)C(C)(C)CC1(CC(C)(C)c2cc4c(cc2O1)OC(C)C(C)O4)O3.CCCCCCCCOc1cc2c(cc1C)OCO2.Cc1c2c(cc3ccccc13)OCO2.c1c2c(cc3c1OCO3)OCO2. The molecule has 12 heterocycles. The van der Waals surface area contributed by atoms with Crippen molar-refractivity contribution in [3.8, 4) is 121 Å². The zero-order valence-electron chi connectivity index (χ0n) is 73.8. The van der Waals surface area contributed by atoms with Gasteiger partial charge in [0.1, 0.15) is 75.6 Å². The third kappa shape index (κ3) is 15.9. The van der Waals surface area contributed by atoms with Gasteiger partial charge in [0.05, 0.1) is 6.61 Å². The highest BCUT2D eigenvalue weighted by Crippen LogP contribution is 2.62. The standard InChI is InChI=1S/C33H44O6.C29H36O6.C16H24O3.C12H10O2.C8H6O4/c1-27(2)17-33(38-21-15-25-23(13-19(21)27)34-29(5,6)31(9,10)36-25)18-28(3,4)20-14-24-26(16-22(20)39-33)37-32(11,12)30(7,8)35-24;1-15-17(3)32-25-11-21-19(9-23(25)30-15)27(5,6)13-29(34-21)14-28(7,8)20-10-24-26(12-22(20)35-29)33-18(4)16(2)31-24;1-3-4-5-6-7-8-9-17-14-11-16-15(10-13(14)2)18-12-19-16;1-8-10-5-3-2-4-9(10)6-11-12(8)14-7-13-11;1-5-7(11-3-9-5)2-8-6(1)10-4-12-8/h13-16H,17-18H2,1-12H3;9-12,15-18H,13-14H2,1-8H3;10-11H,3-9,12H2,1-2H3;2-6H,7H2,1H3;1-2H,3-4H2. The van der Waals surface area contributed by atoms with Crippen LogP contribution in [0.4, 0.5) is 0 Å². The zero-order chi connectivity index (χ0) is 84.5. The molecule has 20 rings (SSSR count). The molecular weight excluding hydrogens is 1510 g/mol. The normalized spacial score (nSPS) is 23.7. The molecule has 119 heavy (non-hydrogen) atoms. The summed E-state index contributed by atoms with van der Waals surface area (Å²) in [6.45, 7) is 50.9. The largest absolute Gasteiger partial charge is 0.493 e. The van der Waals surface area contributed by atoms with Crippen LogP contribution in [0.5, 0.6) is 121 Å². The lowest BCUT2D eigenvalue weighted by Gasteiger charge is -2.52. The van der Waals surface area contributed by atoms with Crippen LogP contribution >= 0.6 is 0 Å². The number of hydrogen-bond donors (Lipinski definition) is 0. The van der Waals surface area contributed by atoms with E-state index in [0.717, 1.165) is 156 Å². The van der Waals surface area contributed by atoms with E-state index in [1.54, 1.807) is 12.1 Å². The third-order valence-corrected chi connectivity index (χ3v) is 26.0. The number of unbranched alkanes of at least 4 members (excludes halogenated alkanes) is 5. The van der Waals surface area contributed by atoms with Gasteiger partial charge >= 0.3 is 0 Å². The van der Waals surface area contributed by atoms with Crippen LogP contribution < -0.4 is 99.5 Å². The predicted octanol–water partition coefficient (Wildman–Crippen LogP) is 22.6. The van der Waals surface area contributed by atoms with E-state index in [9.17, 15) is 0 Å². The summed E-state index contributed by atoms with van der Waals surface area (Å²) in [5, 5.41) is 2.44. The van der Waals surface area contributed by atoms with Crippen molar-refractivity contribution >= 4 is 10.8 Å². The molecule has 8 aromatic carbocycles. The second kappa shape index (κ2) is 30.2. The van der Waals surface area contributed by atoms with Crippen molar-refractivity contribution in [2.75, 3.05) is 33.8 Å². The van der Waals surface area contributed by atoms with Crippen LogP contribution in [0.2, 0.25) is 0 Å². The zero-order valence-corrected chi connectivity index (χ0v) is 73.8. The molecule has 0 bridgehead atoms. The fraction of sp³-hybridized carbons (Fsp3) is 0.531. The minimum atomic E-state index is -0.843. The number of rotatable bonds is 8. The monoisotopic (exact) mass is 1630 g/mol. The minimum Gasteiger partial charge on any atom is -0.493 e. The van der Waals surface area contributed by atoms with Gasteiger partial charge in [-0.25, -0.2) is 0 Å². The van der Waals surface area contributed by atoms with Gasteiger partial charge < -0.3 is 99.5 Å². The molecule has 4 unspecified atom stereocenters. The number of benzene rings is 8. The first-order valence-electron chi connectivity index (χ1n) is 42.6. The molecule has 638 valence electrons. The van der Waals surface area contributed by atoms with E-state index in [1.165, 1.54) is 42.9 Å². The van der Waals surface area contributed by atoms with Gasteiger partial charge in [-0.05, 0) is 156 Å². The quantitative estimate of drug-likeness (QED) is 0.130. The van der Waals surface area contributed by atoms with E-state index in [0.29, 0.717) is 50.8 Å². The van der Waals surface area contributed by atoms with Crippen molar-refractivity contribution in [2.24, 2.45) is 0 Å². The fourth-order valence-corrected chi connectivity index (χ4v) is 17.9. The van der Waals surface area contributed by atoms with Crippen molar-refractivity contribution in [3.63, 3.8) is 0 Å². The first kappa shape index (κ1) is 82.5. The molecule has 12 aliphatic rings. The summed E-state index contributed by atoms with van der Waals surface area (Å²) in [6.07, 6.45) is 10.4. The minimum absolute atomic E-state index is 0.00123. The number of ether oxygens (including phenoxy) is 21. The number of hydrogen-bond acceptors (Lipinski definition) is 21. The fourth-order valence-electron chi connectivity index (χ4n) is 17.9.